The summed E-state index contributed by atoms with van der Waals surface area (Å²) < 4.78 is 13.6. The zero-order chi connectivity index (χ0) is 38.1. The van der Waals surface area contributed by atoms with Crippen molar-refractivity contribution >= 4 is 83.0 Å². The zero-order valence-corrected chi connectivity index (χ0v) is 32.2. The second-order valence-electron chi connectivity index (χ2n) is 14.9. The molecule has 0 saturated heterocycles. The van der Waals surface area contributed by atoms with E-state index in [-0.39, 0.29) is 0 Å². The number of fused-ring (bicyclic) bond motifs is 7. The Morgan fingerprint density at radius 3 is 1.61 bits per heavy atom. The van der Waals surface area contributed by atoms with Gasteiger partial charge >= 0.3 is 0 Å². The highest BCUT2D eigenvalue weighted by Gasteiger charge is 2.25. The topological polar surface area (TPSA) is 29.4 Å². The van der Waals surface area contributed by atoms with Gasteiger partial charge in [-0.05, 0) is 157 Å². The number of ether oxygens (including phenoxy) is 2. The fourth-order valence-corrected chi connectivity index (χ4v) is 8.57. The third-order valence-electron chi connectivity index (χ3n) is 11.2. The van der Waals surface area contributed by atoms with Crippen molar-refractivity contribution in [1.82, 2.24) is 4.40 Å². The predicted molar refractivity (Wildman–Crippen MR) is 235 cm³/mol. The van der Waals surface area contributed by atoms with Crippen molar-refractivity contribution in [3.05, 3.63) is 174 Å². The molecule has 0 radical (unpaired) electrons. The second-order valence-corrected chi connectivity index (χ2v) is 14.9. The molecule has 5 nitrogen and oxygen atoms in total. The SMILES string of the molecule is COc1ccc(N(c2cccc(C)c2)c2ccc3cc4c5ccc(N(c6ccc(OC)cc6)c6cccc(C)c6)c6c7ccc(C)cc7n(c4cc3c2)c56)cc1. The summed E-state index contributed by atoms with van der Waals surface area (Å²) in [5.41, 5.74) is 13.9. The highest BCUT2D eigenvalue weighted by molar-refractivity contribution is 6.28. The standard InChI is InChI=1S/C51H41N3O2/c1-32-8-6-10-39(26-32)52(37-15-19-42(55-4)20-16-37)41-14-13-35-30-46-44-24-25-47(53(40-11-7-9-33(2)27-40)38-17-21-43(56-5)22-18-38)50-45-23-12-34(3)28-48(45)54(51(44)50)49(46)31-36(35)29-41/h6-31H,1-5H3. The van der Waals surface area contributed by atoms with E-state index in [0.717, 1.165) is 45.6 Å². The first-order valence-electron chi connectivity index (χ1n) is 19.1. The van der Waals surface area contributed by atoms with Crippen LogP contribution in [0.3, 0.4) is 0 Å². The van der Waals surface area contributed by atoms with Crippen LogP contribution in [0, 0.1) is 20.8 Å². The van der Waals surface area contributed by atoms with Crippen LogP contribution in [0.1, 0.15) is 16.7 Å². The van der Waals surface area contributed by atoms with Crippen LogP contribution in [0.4, 0.5) is 34.1 Å². The Morgan fingerprint density at radius 1 is 0.411 bits per heavy atom. The van der Waals surface area contributed by atoms with E-state index in [9.17, 15) is 0 Å². The molecule has 0 saturated carbocycles. The van der Waals surface area contributed by atoms with Crippen LogP contribution in [-0.4, -0.2) is 18.6 Å². The first kappa shape index (κ1) is 33.6. The van der Waals surface area contributed by atoms with Gasteiger partial charge in [0.2, 0.25) is 0 Å². The summed E-state index contributed by atoms with van der Waals surface area (Å²) in [6, 6.07) is 57.2. The van der Waals surface area contributed by atoms with Gasteiger partial charge in [-0.25, -0.2) is 0 Å². The number of benzene rings is 8. The number of aromatic nitrogens is 1. The lowest BCUT2D eigenvalue weighted by Crippen LogP contribution is -2.10. The second kappa shape index (κ2) is 13.1. The number of rotatable bonds is 8. The molecule has 5 heteroatoms. The summed E-state index contributed by atoms with van der Waals surface area (Å²) in [5.74, 6) is 1.67. The van der Waals surface area contributed by atoms with Crippen LogP contribution < -0.4 is 19.3 Å². The molecule has 0 aliphatic carbocycles. The van der Waals surface area contributed by atoms with Crippen molar-refractivity contribution in [2.24, 2.45) is 0 Å². The molecule has 2 heterocycles. The van der Waals surface area contributed by atoms with Gasteiger partial charge in [-0.1, -0.05) is 48.5 Å². The minimum absolute atomic E-state index is 0.833. The summed E-state index contributed by atoms with van der Waals surface area (Å²) in [5, 5.41) is 7.35. The van der Waals surface area contributed by atoms with Crippen LogP contribution in [0.2, 0.25) is 0 Å². The molecule has 10 rings (SSSR count). The Balaban J connectivity index is 1.23. The van der Waals surface area contributed by atoms with Crippen LogP contribution >= 0.6 is 0 Å². The van der Waals surface area contributed by atoms with E-state index < -0.39 is 0 Å². The van der Waals surface area contributed by atoms with Gasteiger partial charge in [-0.2, -0.15) is 0 Å². The lowest BCUT2D eigenvalue weighted by molar-refractivity contribution is 0.414. The Morgan fingerprint density at radius 2 is 0.964 bits per heavy atom. The highest BCUT2D eigenvalue weighted by Crippen LogP contribution is 2.48. The Labute approximate surface area is 326 Å². The van der Waals surface area contributed by atoms with Crippen LogP contribution in [-0.2, 0) is 0 Å². The van der Waals surface area contributed by atoms with E-state index in [1.165, 1.54) is 65.6 Å². The summed E-state index contributed by atoms with van der Waals surface area (Å²) in [6.07, 6.45) is 0. The lowest BCUT2D eigenvalue weighted by Gasteiger charge is -2.27. The van der Waals surface area contributed by atoms with Gasteiger partial charge in [0, 0.05) is 50.0 Å². The molecule has 272 valence electrons. The highest BCUT2D eigenvalue weighted by atomic mass is 16.5. The smallest absolute Gasteiger partial charge is 0.119 e. The van der Waals surface area contributed by atoms with Crippen LogP contribution in [0.15, 0.2) is 158 Å². The van der Waals surface area contributed by atoms with Crippen molar-refractivity contribution < 1.29 is 9.47 Å². The normalized spacial score (nSPS) is 11.7. The fraction of sp³-hybridized carbons (Fsp3) is 0.0980. The predicted octanol–water partition coefficient (Wildman–Crippen LogP) is 13.9. The molecule has 56 heavy (non-hydrogen) atoms. The summed E-state index contributed by atoms with van der Waals surface area (Å²) >= 11 is 0. The van der Waals surface area contributed by atoms with Gasteiger partial charge in [0.25, 0.3) is 0 Å². The van der Waals surface area contributed by atoms with E-state index >= 15 is 0 Å². The third kappa shape index (κ3) is 5.38. The Kier molecular flexibility index (Phi) is 7.86. The molecule has 10 aromatic rings. The molecule has 0 bridgehead atoms. The first-order chi connectivity index (χ1) is 27.4. The molecule has 2 aromatic heterocycles. The van der Waals surface area contributed by atoms with Gasteiger partial charge in [0.05, 0.1) is 36.5 Å². The van der Waals surface area contributed by atoms with Gasteiger partial charge in [-0.3, -0.25) is 0 Å². The number of anilines is 6. The largest absolute Gasteiger partial charge is 0.497 e. The molecule has 0 fully saturated rings. The molecule has 0 aliphatic rings. The van der Waals surface area contributed by atoms with Crippen LogP contribution in [0.25, 0.3) is 48.9 Å². The zero-order valence-electron chi connectivity index (χ0n) is 32.2. The van der Waals surface area contributed by atoms with Crippen LogP contribution in [0.5, 0.6) is 11.5 Å². The van der Waals surface area contributed by atoms with Gasteiger partial charge in [0.1, 0.15) is 11.5 Å². The van der Waals surface area contributed by atoms with Crippen molar-refractivity contribution in [3.8, 4) is 11.5 Å². The van der Waals surface area contributed by atoms with E-state index in [4.69, 9.17) is 9.47 Å². The number of aryl methyl sites for hydroxylation is 3. The average molecular weight is 728 g/mol. The Bertz CT molecular complexity index is 3090. The number of hydrogen-bond donors (Lipinski definition) is 0. The maximum absolute atomic E-state index is 5.56. The van der Waals surface area contributed by atoms with E-state index in [2.05, 4.69) is 168 Å². The quantitative estimate of drug-likeness (QED) is 0.156. The van der Waals surface area contributed by atoms with E-state index in [0.29, 0.717) is 0 Å². The minimum Gasteiger partial charge on any atom is -0.497 e. The lowest BCUT2D eigenvalue weighted by atomic mass is 10.0. The molecule has 0 spiro atoms. The maximum Gasteiger partial charge on any atom is 0.119 e. The van der Waals surface area contributed by atoms with Crippen molar-refractivity contribution in [2.45, 2.75) is 20.8 Å². The minimum atomic E-state index is 0.833. The van der Waals surface area contributed by atoms with E-state index in [1.54, 1.807) is 14.2 Å². The monoisotopic (exact) mass is 727 g/mol. The maximum atomic E-state index is 5.56. The summed E-state index contributed by atoms with van der Waals surface area (Å²) in [7, 11) is 3.42. The molecule has 0 atom stereocenters. The Hall–Kier alpha value is -6.98. The molecule has 8 aromatic carbocycles. The average Bonchev–Trinajstić information content (AvgIpc) is 3.72. The van der Waals surface area contributed by atoms with Crippen molar-refractivity contribution in [1.29, 1.82) is 0 Å². The number of nitrogens with zero attached hydrogens (tertiary/aromatic N) is 3. The van der Waals surface area contributed by atoms with Crippen molar-refractivity contribution in [3.63, 3.8) is 0 Å². The summed E-state index contributed by atoms with van der Waals surface area (Å²) in [6.45, 7) is 6.48. The fourth-order valence-electron chi connectivity index (χ4n) is 8.57. The molecule has 0 amide bonds. The summed E-state index contributed by atoms with van der Waals surface area (Å²) in [4.78, 5) is 4.71. The number of methoxy groups -OCH3 is 2. The van der Waals surface area contributed by atoms with Crippen molar-refractivity contribution in [2.75, 3.05) is 24.0 Å². The first-order valence-corrected chi connectivity index (χ1v) is 19.1. The molecule has 0 aliphatic heterocycles. The van der Waals surface area contributed by atoms with Gasteiger partial charge in [-0.15, -0.1) is 0 Å². The molecule has 0 unspecified atom stereocenters. The van der Waals surface area contributed by atoms with Gasteiger partial charge < -0.3 is 23.7 Å². The number of hydrogen-bond acceptors (Lipinski definition) is 4. The third-order valence-corrected chi connectivity index (χ3v) is 11.2. The van der Waals surface area contributed by atoms with E-state index in [1.807, 2.05) is 24.3 Å². The molecular formula is C51H41N3O2. The molecular weight excluding hydrogens is 687 g/mol. The molecule has 0 N–H and O–H groups in total. The van der Waals surface area contributed by atoms with Gasteiger partial charge in [0.15, 0.2) is 0 Å².